The van der Waals surface area contributed by atoms with Crippen LogP contribution in [0.15, 0.2) is 58.6 Å². The molecule has 0 bridgehead atoms. The van der Waals surface area contributed by atoms with Crippen molar-refractivity contribution in [1.29, 1.82) is 0 Å². The van der Waals surface area contributed by atoms with Gasteiger partial charge in [0.1, 0.15) is 12.8 Å². The van der Waals surface area contributed by atoms with Gasteiger partial charge in [0, 0.05) is 5.56 Å². The number of anilines is 1. The maximum atomic E-state index is 11.2. The van der Waals surface area contributed by atoms with E-state index in [4.69, 9.17) is 14.2 Å². The third-order valence-electron chi connectivity index (χ3n) is 3.67. The van der Waals surface area contributed by atoms with E-state index in [0.717, 1.165) is 11.8 Å². The smallest absolute Gasteiger partial charge is 0.271 e. The summed E-state index contributed by atoms with van der Waals surface area (Å²) in [6.45, 7) is 0.378. The fourth-order valence-corrected chi connectivity index (χ4v) is 2.38. The van der Waals surface area contributed by atoms with Crippen molar-refractivity contribution in [1.82, 2.24) is 15.2 Å². The maximum absolute atomic E-state index is 11.2. The Balaban J connectivity index is 1.77. The van der Waals surface area contributed by atoms with Crippen molar-refractivity contribution < 1.29 is 14.2 Å². The Bertz CT molecular complexity index is 979. The monoisotopic (exact) mass is 381 g/mol. The first-order chi connectivity index (χ1) is 13.7. The average molecular weight is 381 g/mol. The van der Waals surface area contributed by atoms with Gasteiger partial charge in [-0.3, -0.25) is 9.78 Å². The summed E-state index contributed by atoms with van der Waals surface area (Å²) < 4.78 is 16.8. The largest absolute Gasteiger partial charge is 0.493 e. The molecule has 144 valence electrons. The molecule has 0 unspecified atom stereocenters. The summed E-state index contributed by atoms with van der Waals surface area (Å²) in [4.78, 5) is 13.7. The second kappa shape index (κ2) is 9.17. The SMILES string of the molecule is COc1cc(/C=N/Nc2nncc(=O)[nH]2)cc(OC)c1OCc1ccccc1. The molecule has 3 aromatic rings. The van der Waals surface area contributed by atoms with Crippen LogP contribution in [0.5, 0.6) is 17.2 Å². The van der Waals surface area contributed by atoms with E-state index in [1.165, 1.54) is 6.21 Å². The second-order valence-corrected chi connectivity index (χ2v) is 5.58. The summed E-state index contributed by atoms with van der Waals surface area (Å²) in [5.74, 6) is 1.64. The Morgan fingerprint density at radius 2 is 1.86 bits per heavy atom. The lowest BCUT2D eigenvalue weighted by molar-refractivity contribution is 0.266. The molecule has 0 radical (unpaired) electrons. The first kappa shape index (κ1) is 18.9. The number of hydrogen-bond donors (Lipinski definition) is 2. The number of aromatic nitrogens is 3. The Morgan fingerprint density at radius 1 is 1.14 bits per heavy atom. The number of nitrogens with zero attached hydrogens (tertiary/aromatic N) is 3. The highest BCUT2D eigenvalue weighted by Gasteiger charge is 2.14. The molecular formula is C19H19N5O4. The van der Waals surface area contributed by atoms with Gasteiger partial charge in [0.2, 0.25) is 11.7 Å². The number of H-pyrrole nitrogens is 1. The third-order valence-corrected chi connectivity index (χ3v) is 3.67. The summed E-state index contributed by atoms with van der Waals surface area (Å²) in [6, 6.07) is 13.3. The van der Waals surface area contributed by atoms with Crippen LogP contribution < -0.4 is 25.2 Å². The predicted molar refractivity (Wildman–Crippen MR) is 104 cm³/mol. The van der Waals surface area contributed by atoms with Gasteiger partial charge >= 0.3 is 0 Å². The van der Waals surface area contributed by atoms with E-state index < -0.39 is 0 Å². The van der Waals surface area contributed by atoms with Gasteiger partial charge in [-0.25, -0.2) is 5.43 Å². The standard InChI is InChI=1S/C19H19N5O4/c1-26-15-8-14(10-20-23-19-22-17(25)11-21-24-19)9-16(27-2)18(15)28-12-13-6-4-3-5-7-13/h3-11H,12H2,1-2H3,(H2,22,23,24,25)/b20-10+. The maximum Gasteiger partial charge on any atom is 0.271 e. The van der Waals surface area contributed by atoms with Gasteiger partial charge in [-0.1, -0.05) is 30.3 Å². The molecule has 0 spiro atoms. The fraction of sp³-hybridized carbons (Fsp3) is 0.158. The molecule has 0 saturated carbocycles. The molecule has 1 heterocycles. The summed E-state index contributed by atoms with van der Waals surface area (Å²) in [7, 11) is 3.10. The minimum atomic E-state index is -0.379. The van der Waals surface area contributed by atoms with Crippen molar-refractivity contribution in [3.8, 4) is 17.2 Å². The third kappa shape index (κ3) is 4.85. The molecule has 9 nitrogen and oxygen atoms in total. The van der Waals surface area contributed by atoms with Crippen LogP contribution in [0, 0.1) is 0 Å². The van der Waals surface area contributed by atoms with Gasteiger partial charge in [0.05, 0.1) is 20.4 Å². The zero-order valence-electron chi connectivity index (χ0n) is 15.4. The summed E-state index contributed by atoms with van der Waals surface area (Å²) >= 11 is 0. The first-order valence-electron chi connectivity index (χ1n) is 8.33. The van der Waals surface area contributed by atoms with Crippen LogP contribution >= 0.6 is 0 Å². The van der Waals surface area contributed by atoms with Crippen molar-refractivity contribution in [2.45, 2.75) is 6.61 Å². The Kier molecular flexibility index (Phi) is 6.19. The van der Waals surface area contributed by atoms with Crippen molar-refractivity contribution in [3.05, 3.63) is 70.1 Å². The Morgan fingerprint density at radius 3 is 2.50 bits per heavy atom. The molecule has 0 aliphatic rings. The summed E-state index contributed by atoms with van der Waals surface area (Å²) in [6.07, 6.45) is 2.60. The van der Waals surface area contributed by atoms with Gasteiger partial charge in [-0.05, 0) is 17.7 Å². The summed E-state index contributed by atoms with van der Waals surface area (Å²) in [5, 5.41) is 11.3. The number of hydrogen-bond acceptors (Lipinski definition) is 8. The van der Waals surface area contributed by atoms with Gasteiger partial charge < -0.3 is 14.2 Å². The number of rotatable bonds is 8. The van der Waals surface area contributed by atoms with E-state index in [9.17, 15) is 4.79 Å². The van der Waals surface area contributed by atoms with Gasteiger partial charge in [-0.15, -0.1) is 10.2 Å². The molecule has 0 atom stereocenters. The van der Waals surface area contributed by atoms with Crippen LogP contribution in [0.1, 0.15) is 11.1 Å². The second-order valence-electron chi connectivity index (χ2n) is 5.58. The molecule has 28 heavy (non-hydrogen) atoms. The van der Waals surface area contributed by atoms with Crippen molar-refractivity contribution in [3.63, 3.8) is 0 Å². The molecular weight excluding hydrogens is 362 g/mol. The number of hydrazone groups is 1. The minimum absolute atomic E-state index is 0.130. The van der Waals surface area contributed by atoms with E-state index in [2.05, 4.69) is 25.7 Å². The average Bonchev–Trinajstić information content (AvgIpc) is 2.73. The number of methoxy groups -OCH3 is 2. The number of ether oxygens (including phenoxy) is 3. The quantitative estimate of drug-likeness (QED) is 0.454. The number of nitrogens with one attached hydrogen (secondary N) is 2. The summed E-state index contributed by atoms with van der Waals surface area (Å²) in [5.41, 5.74) is 3.94. The van der Waals surface area contributed by atoms with Crippen molar-refractivity contribution in [2.24, 2.45) is 5.10 Å². The van der Waals surface area contributed by atoms with Crippen LogP contribution in [0.3, 0.4) is 0 Å². The zero-order chi connectivity index (χ0) is 19.8. The Labute approximate surface area is 161 Å². The molecule has 3 rings (SSSR count). The lowest BCUT2D eigenvalue weighted by Gasteiger charge is -2.15. The van der Waals surface area contributed by atoms with E-state index in [1.54, 1.807) is 26.4 Å². The van der Waals surface area contributed by atoms with Crippen LogP contribution in [-0.4, -0.2) is 35.6 Å². The fourth-order valence-electron chi connectivity index (χ4n) is 2.38. The van der Waals surface area contributed by atoms with Crippen LogP contribution in [0.2, 0.25) is 0 Å². The molecule has 0 aliphatic carbocycles. The van der Waals surface area contributed by atoms with E-state index in [-0.39, 0.29) is 11.5 Å². The van der Waals surface area contributed by atoms with E-state index >= 15 is 0 Å². The highest BCUT2D eigenvalue weighted by molar-refractivity contribution is 5.82. The minimum Gasteiger partial charge on any atom is -0.493 e. The van der Waals surface area contributed by atoms with Crippen LogP contribution in [-0.2, 0) is 6.61 Å². The van der Waals surface area contributed by atoms with Gasteiger partial charge in [0.25, 0.3) is 5.56 Å². The van der Waals surface area contributed by atoms with E-state index in [0.29, 0.717) is 29.4 Å². The molecule has 2 aromatic carbocycles. The molecule has 0 aliphatic heterocycles. The lowest BCUT2D eigenvalue weighted by atomic mass is 10.2. The molecule has 2 N–H and O–H groups in total. The first-order valence-corrected chi connectivity index (χ1v) is 8.33. The van der Waals surface area contributed by atoms with Gasteiger partial charge in [0.15, 0.2) is 11.5 Å². The van der Waals surface area contributed by atoms with Crippen LogP contribution in [0.4, 0.5) is 5.95 Å². The predicted octanol–water partition coefficient (Wildman–Crippen LogP) is 2.21. The van der Waals surface area contributed by atoms with Crippen molar-refractivity contribution in [2.75, 3.05) is 19.6 Å². The number of benzene rings is 2. The molecule has 0 fully saturated rings. The zero-order valence-corrected chi connectivity index (χ0v) is 15.4. The highest BCUT2D eigenvalue weighted by Crippen LogP contribution is 2.38. The lowest BCUT2D eigenvalue weighted by Crippen LogP contribution is -2.10. The number of aromatic amines is 1. The molecule has 0 amide bonds. The van der Waals surface area contributed by atoms with E-state index in [1.807, 2.05) is 30.3 Å². The molecule has 0 saturated heterocycles. The molecule has 9 heteroatoms. The Hall–Kier alpha value is -3.88. The highest BCUT2D eigenvalue weighted by atomic mass is 16.5. The normalized spacial score (nSPS) is 10.6. The van der Waals surface area contributed by atoms with Crippen molar-refractivity contribution >= 4 is 12.2 Å². The van der Waals surface area contributed by atoms with Crippen LogP contribution in [0.25, 0.3) is 0 Å². The van der Waals surface area contributed by atoms with Gasteiger partial charge in [-0.2, -0.15) is 5.10 Å². The molecule has 1 aromatic heterocycles. The topological polar surface area (TPSA) is 111 Å².